The van der Waals surface area contributed by atoms with Crippen LogP contribution in [0.3, 0.4) is 0 Å². The van der Waals surface area contributed by atoms with E-state index in [1.54, 1.807) is 28.6 Å². The molecule has 1 aliphatic rings. The van der Waals surface area contributed by atoms with Crippen LogP contribution in [0, 0.1) is 11.6 Å². The molecule has 7 heteroatoms. The average Bonchev–Trinajstić information content (AvgIpc) is 2.96. The first-order valence-electron chi connectivity index (χ1n) is 8.80. The van der Waals surface area contributed by atoms with E-state index in [-0.39, 0.29) is 12.3 Å². The van der Waals surface area contributed by atoms with Gasteiger partial charge in [0.15, 0.2) is 0 Å². The van der Waals surface area contributed by atoms with E-state index >= 15 is 0 Å². The molecule has 0 atom stereocenters. The Morgan fingerprint density at radius 1 is 1.07 bits per heavy atom. The normalized spacial score (nSPS) is 13.0. The van der Waals surface area contributed by atoms with Gasteiger partial charge in [-0.05, 0) is 47.7 Å². The topological polar surface area (TPSA) is 69.6 Å². The number of hydrogen-bond acceptors (Lipinski definition) is 3. The molecule has 0 aliphatic carbocycles. The molecular formula is C20H20F2N2O3. The highest BCUT2D eigenvalue weighted by Crippen LogP contribution is 2.33. The summed E-state index contributed by atoms with van der Waals surface area (Å²) in [5.74, 6) is -1.84. The molecule has 5 nitrogen and oxygen atoms in total. The van der Waals surface area contributed by atoms with Crippen molar-refractivity contribution < 1.29 is 23.6 Å². The minimum atomic E-state index is -0.657. The maximum Gasteiger partial charge on any atom is 0.254 e. The van der Waals surface area contributed by atoms with Gasteiger partial charge < -0.3 is 4.90 Å². The Morgan fingerprint density at radius 3 is 2.48 bits per heavy atom. The second-order valence-corrected chi connectivity index (χ2v) is 6.56. The smallest absolute Gasteiger partial charge is 0.254 e. The molecule has 142 valence electrons. The molecule has 0 fully saturated rings. The number of fused-ring (bicyclic) bond motifs is 1. The summed E-state index contributed by atoms with van der Waals surface area (Å²) in [5.41, 5.74) is 3.98. The number of halogens is 2. The van der Waals surface area contributed by atoms with Gasteiger partial charge in [0.2, 0.25) is 5.91 Å². The molecule has 0 unspecified atom stereocenters. The van der Waals surface area contributed by atoms with Crippen molar-refractivity contribution in [2.45, 2.75) is 32.2 Å². The molecule has 2 amide bonds. The Hall–Kier alpha value is -2.80. The number of nitrogens with zero attached hydrogens (tertiary/aromatic N) is 1. The Bertz CT molecular complexity index is 850. The molecular weight excluding hydrogens is 354 g/mol. The van der Waals surface area contributed by atoms with E-state index in [0.717, 1.165) is 24.5 Å². The summed E-state index contributed by atoms with van der Waals surface area (Å²) in [5, 5.41) is 8.45. The first-order chi connectivity index (χ1) is 13.0. The quantitative estimate of drug-likeness (QED) is 0.442. The highest BCUT2D eigenvalue weighted by atomic mass is 19.1. The van der Waals surface area contributed by atoms with Gasteiger partial charge in [-0.15, -0.1) is 0 Å². The molecule has 2 N–H and O–H groups in total. The number of benzene rings is 2. The van der Waals surface area contributed by atoms with Gasteiger partial charge in [0.1, 0.15) is 11.6 Å². The van der Waals surface area contributed by atoms with Crippen molar-refractivity contribution in [2.75, 3.05) is 6.54 Å². The molecule has 1 heterocycles. The van der Waals surface area contributed by atoms with E-state index in [9.17, 15) is 18.4 Å². The molecule has 2 aromatic rings. The standard InChI is InChI=1S/C20H20F2N2O3/c21-14-9-13(10-15(22)11-14)16-5-4-6-17-18(16)12-24(20(17)26)8-3-1-2-7-19(25)23-27/h4-6,9-11,27H,1-3,7-8,12H2,(H,23,25). The van der Waals surface area contributed by atoms with Crippen molar-refractivity contribution in [3.05, 3.63) is 59.2 Å². The highest BCUT2D eigenvalue weighted by Gasteiger charge is 2.29. The van der Waals surface area contributed by atoms with Gasteiger partial charge in [-0.1, -0.05) is 18.6 Å². The van der Waals surface area contributed by atoms with Crippen LogP contribution in [0.4, 0.5) is 8.78 Å². The van der Waals surface area contributed by atoms with Crippen molar-refractivity contribution in [2.24, 2.45) is 0 Å². The number of hydrogen-bond donors (Lipinski definition) is 2. The highest BCUT2D eigenvalue weighted by molar-refractivity contribution is 6.00. The van der Waals surface area contributed by atoms with Crippen molar-refractivity contribution in [3.8, 4) is 11.1 Å². The van der Waals surface area contributed by atoms with Crippen LogP contribution in [0.25, 0.3) is 11.1 Å². The molecule has 0 bridgehead atoms. The molecule has 3 rings (SSSR count). The fourth-order valence-electron chi connectivity index (χ4n) is 3.37. The average molecular weight is 374 g/mol. The molecule has 27 heavy (non-hydrogen) atoms. The molecule has 0 spiro atoms. The molecule has 0 aromatic heterocycles. The molecule has 0 saturated heterocycles. The third-order valence-corrected chi connectivity index (χ3v) is 4.67. The number of rotatable bonds is 7. The lowest BCUT2D eigenvalue weighted by Gasteiger charge is -2.15. The van der Waals surface area contributed by atoms with Crippen molar-refractivity contribution in [1.82, 2.24) is 10.4 Å². The predicted octanol–water partition coefficient (Wildman–Crippen LogP) is 3.65. The first kappa shape index (κ1) is 19.0. The summed E-state index contributed by atoms with van der Waals surface area (Å²) in [6.07, 6.45) is 2.33. The lowest BCUT2D eigenvalue weighted by atomic mass is 9.97. The van der Waals surface area contributed by atoms with E-state index in [4.69, 9.17) is 5.21 Å². The van der Waals surface area contributed by atoms with Gasteiger partial charge in [0.25, 0.3) is 5.91 Å². The zero-order valence-corrected chi connectivity index (χ0v) is 14.7. The van der Waals surface area contributed by atoms with E-state index < -0.39 is 17.5 Å². The second kappa shape index (κ2) is 8.26. The summed E-state index contributed by atoms with van der Waals surface area (Å²) in [6.45, 7) is 0.921. The molecule has 2 aromatic carbocycles. The number of nitrogens with one attached hydrogen (secondary N) is 1. The number of carbonyl (C=O) groups excluding carboxylic acids is 2. The van der Waals surface area contributed by atoms with Gasteiger partial charge in [-0.25, -0.2) is 14.3 Å². The number of unbranched alkanes of at least 4 members (excludes halogenated alkanes) is 2. The Kier molecular flexibility index (Phi) is 5.81. The number of hydroxylamine groups is 1. The van der Waals surface area contributed by atoms with Crippen LogP contribution in [0.1, 0.15) is 41.6 Å². The largest absolute Gasteiger partial charge is 0.334 e. The minimum absolute atomic E-state index is 0.100. The third-order valence-electron chi connectivity index (χ3n) is 4.67. The van der Waals surface area contributed by atoms with Crippen molar-refractivity contribution in [1.29, 1.82) is 0 Å². The fourth-order valence-corrected chi connectivity index (χ4v) is 3.37. The van der Waals surface area contributed by atoms with Crippen LogP contribution in [0.5, 0.6) is 0 Å². The van der Waals surface area contributed by atoms with Gasteiger partial charge in [0.05, 0.1) is 0 Å². The summed E-state index contributed by atoms with van der Waals surface area (Å²) in [6, 6.07) is 8.54. The van der Waals surface area contributed by atoms with Crippen molar-refractivity contribution in [3.63, 3.8) is 0 Å². The van der Waals surface area contributed by atoms with E-state index in [0.29, 0.717) is 36.2 Å². The lowest BCUT2D eigenvalue weighted by Crippen LogP contribution is -2.25. The van der Waals surface area contributed by atoms with Crippen LogP contribution in [-0.4, -0.2) is 28.5 Å². The van der Waals surface area contributed by atoms with Crippen LogP contribution in [-0.2, 0) is 11.3 Å². The summed E-state index contributed by atoms with van der Waals surface area (Å²) >= 11 is 0. The van der Waals surface area contributed by atoms with Crippen LogP contribution < -0.4 is 5.48 Å². The van der Waals surface area contributed by atoms with Crippen molar-refractivity contribution >= 4 is 11.8 Å². The van der Waals surface area contributed by atoms with E-state index in [1.165, 1.54) is 12.1 Å². The number of amides is 2. The van der Waals surface area contributed by atoms with Crippen LogP contribution in [0.15, 0.2) is 36.4 Å². The van der Waals surface area contributed by atoms with Gasteiger partial charge >= 0.3 is 0 Å². The SMILES string of the molecule is O=C(CCCCCN1Cc2c(cccc2-c2cc(F)cc(F)c2)C1=O)NO. The van der Waals surface area contributed by atoms with E-state index in [1.807, 2.05) is 0 Å². The van der Waals surface area contributed by atoms with Crippen LogP contribution >= 0.6 is 0 Å². The lowest BCUT2D eigenvalue weighted by molar-refractivity contribution is -0.129. The summed E-state index contributed by atoms with van der Waals surface area (Å²) in [4.78, 5) is 25.3. The Labute approximate surface area is 155 Å². The molecule has 1 aliphatic heterocycles. The van der Waals surface area contributed by atoms with Gasteiger partial charge in [-0.3, -0.25) is 14.8 Å². The van der Waals surface area contributed by atoms with Gasteiger partial charge in [-0.2, -0.15) is 0 Å². The first-order valence-corrected chi connectivity index (χ1v) is 8.80. The maximum atomic E-state index is 13.6. The van der Waals surface area contributed by atoms with Crippen LogP contribution in [0.2, 0.25) is 0 Å². The summed E-state index contributed by atoms with van der Waals surface area (Å²) < 4.78 is 27.2. The second-order valence-electron chi connectivity index (χ2n) is 6.56. The minimum Gasteiger partial charge on any atom is -0.334 e. The molecule has 0 radical (unpaired) electrons. The predicted molar refractivity (Wildman–Crippen MR) is 94.9 cm³/mol. The fraction of sp³-hybridized carbons (Fsp3) is 0.300. The monoisotopic (exact) mass is 374 g/mol. The zero-order chi connectivity index (χ0) is 19.4. The Morgan fingerprint density at radius 2 is 1.78 bits per heavy atom. The van der Waals surface area contributed by atoms with E-state index in [2.05, 4.69) is 0 Å². The summed E-state index contributed by atoms with van der Waals surface area (Å²) in [7, 11) is 0. The molecule has 0 saturated carbocycles. The number of carbonyl (C=O) groups is 2. The Balaban J connectivity index is 1.69. The van der Waals surface area contributed by atoms with Gasteiger partial charge in [0, 0.05) is 31.1 Å². The third kappa shape index (κ3) is 4.31. The maximum absolute atomic E-state index is 13.6. The zero-order valence-electron chi connectivity index (χ0n) is 14.7.